The van der Waals surface area contributed by atoms with E-state index in [4.69, 9.17) is 14.7 Å². The number of hydrogen-bond acceptors (Lipinski definition) is 6. The van der Waals surface area contributed by atoms with Crippen molar-refractivity contribution < 1.29 is 9.53 Å². The van der Waals surface area contributed by atoms with E-state index in [2.05, 4.69) is 4.98 Å². The number of methoxy groups -OCH3 is 1. The highest BCUT2D eigenvalue weighted by Gasteiger charge is 2.29. The van der Waals surface area contributed by atoms with Crippen LogP contribution in [0.4, 0.5) is 5.82 Å². The zero-order valence-corrected chi connectivity index (χ0v) is 15.8. The van der Waals surface area contributed by atoms with Crippen LogP contribution >= 0.6 is 0 Å². The summed E-state index contributed by atoms with van der Waals surface area (Å²) in [6.45, 7) is 3.10. The molecule has 7 heteroatoms. The Morgan fingerprint density at radius 3 is 2.65 bits per heavy atom. The van der Waals surface area contributed by atoms with Crippen LogP contribution in [0.1, 0.15) is 24.6 Å². The Balaban J connectivity index is 1.98. The standard InChI is InChI=1S/C19H25N5O2/c1-5-16(26-4)19(25)24-11-8-14-15(12-24)21-17(22-18(14)23(2)3)13-6-9-20-10-7-13/h6-7,9-10,16H,5,8,11-12H2,1-4H3/t16-/m1/s1. The molecule has 0 bridgehead atoms. The van der Waals surface area contributed by atoms with E-state index in [1.54, 1.807) is 19.5 Å². The number of nitrogens with zero attached hydrogens (tertiary/aromatic N) is 5. The van der Waals surface area contributed by atoms with Crippen LogP contribution in [0.5, 0.6) is 0 Å². The van der Waals surface area contributed by atoms with Crippen molar-refractivity contribution in [3.05, 3.63) is 35.8 Å². The van der Waals surface area contributed by atoms with Gasteiger partial charge in [-0.25, -0.2) is 9.97 Å². The molecular formula is C19H25N5O2. The Morgan fingerprint density at radius 2 is 2.04 bits per heavy atom. The minimum absolute atomic E-state index is 0.0242. The quantitative estimate of drug-likeness (QED) is 0.816. The third-order valence-corrected chi connectivity index (χ3v) is 4.65. The molecule has 0 unspecified atom stereocenters. The summed E-state index contributed by atoms with van der Waals surface area (Å²) >= 11 is 0. The summed E-state index contributed by atoms with van der Waals surface area (Å²) in [7, 11) is 5.54. The molecule has 0 radical (unpaired) electrons. The molecule has 1 aliphatic rings. The highest BCUT2D eigenvalue weighted by molar-refractivity contribution is 5.81. The first kappa shape index (κ1) is 18.3. The van der Waals surface area contributed by atoms with Crippen LogP contribution in [-0.2, 0) is 22.5 Å². The molecule has 0 aliphatic carbocycles. The van der Waals surface area contributed by atoms with Gasteiger partial charge in [-0.3, -0.25) is 9.78 Å². The lowest BCUT2D eigenvalue weighted by Gasteiger charge is -2.32. The van der Waals surface area contributed by atoms with Crippen LogP contribution < -0.4 is 4.90 Å². The molecule has 3 rings (SSSR count). The van der Waals surface area contributed by atoms with E-state index in [-0.39, 0.29) is 5.91 Å². The summed E-state index contributed by atoms with van der Waals surface area (Å²) < 4.78 is 5.32. The molecule has 138 valence electrons. The van der Waals surface area contributed by atoms with E-state index >= 15 is 0 Å². The van der Waals surface area contributed by atoms with Crippen molar-refractivity contribution in [3.63, 3.8) is 0 Å². The Kier molecular flexibility index (Phi) is 5.46. The lowest BCUT2D eigenvalue weighted by molar-refractivity contribution is -0.143. The molecule has 0 saturated carbocycles. The van der Waals surface area contributed by atoms with Crippen molar-refractivity contribution in [2.75, 3.05) is 32.6 Å². The molecule has 0 aromatic carbocycles. The molecule has 26 heavy (non-hydrogen) atoms. The predicted octanol–water partition coefficient (Wildman–Crippen LogP) is 1.91. The zero-order valence-electron chi connectivity index (χ0n) is 15.8. The monoisotopic (exact) mass is 355 g/mol. The molecule has 2 aromatic rings. The van der Waals surface area contributed by atoms with Gasteiger partial charge < -0.3 is 14.5 Å². The zero-order chi connectivity index (χ0) is 18.7. The Labute approximate surface area is 154 Å². The van der Waals surface area contributed by atoms with E-state index in [1.165, 1.54) is 0 Å². The van der Waals surface area contributed by atoms with E-state index in [1.807, 2.05) is 43.0 Å². The minimum atomic E-state index is -0.397. The minimum Gasteiger partial charge on any atom is -0.372 e. The smallest absolute Gasteiger partial charge is 0.252 e. The Bertz CT molecular complexity index is 775. The van der Waals surface area contributed by atoms with Gasteiger partial charge in [0, 0.05) is 51.3 Å². The van der Waals surface area contributed by atoms with Crippen LogP contribution in [0.25, 0.3) is 11.4 Å². The highest BCUT2D eigenvalue weighted by Crippen LogP contribution is 2.28. The van der Waals surface area contributed by atoms with E-state index in [9.17, 15) is 4.79 Å². The molecule has 0 spiro atoms. The van der Waals surface area contributed by atoms with Gasteiger partial charge in [-0.15, -0.1) is 0 Å². The Hall–Kier alpha value is -2.54. The second-order valence-corrected chi connectivity index (χ2v) is 6.57. The number of ether oxygens (including phenoxy) is 1. The first-order valence-electron chi connectivity index (χ1n) is 8.84. The van der Waals surface area contributed by atoms with Gasteiger partial charge in [-0.1, -0.05) is 6.92 Å². The van der Waals surface area contributed by atoms with E-state index < -0.39 is 6.10 Å². The Morgan fingerprint density at radius 1 is 1.31 bits per heavy atom. The topological polar surface area (TPSA) is 71.5 Å². The van der Waals surface area contributed by atoms with Crippen molar-refractivity contribution in [1.29, 1.82) is 0 Å². The average molecular weight is 355 g/mol. The fourth-order valence-electron chi connectivity index (χ4n) is 3.24. The van der Waals surface area contributed by atoms with Gasteiger partial charge in [0.2, 0.25) is 0 Å². The number of carbonyl (C=O) groups is 1. The second kappa shape index (κ2) is 7.78. The molecule has 0 saturated heterocycles. The number of amides is 1. The fraction of sp³-hybridized carbons (Fsp3) is 0.474. The van der Waals surface area contributed by atoms with Crippen LogP contribution in [0.3, 0.4) is 0 Å². The lowest BCUT2D eigenvalue weighted by Crippen LogP contribution is -2.43. The molecule has 2 aromatic heterocycles. The first-order valence-corrected chi connectivity index (χ1v) is 8.84. The summed E-state index contributed by atoms with van der Waals surface area (Å²) in [5.41, 5.74) is 2.93. The molecule has 1 amide bonds. The first-order chi connectivity index (χ1) is 12.5. The highest BCUT2D eigenvalue weighted by atomic mass is 16.5. The average Bonchev–Trinajstić information content (AvgIpc) is 2.68. The number of aromatic nitrogens is 3. The molecule has 1 aliphatic heterocycles. The predicted molar refractivity (Wildman–Crippen MR) is 99.8 cm³/mol. The van der Waals surface area contributed by atoms with Crippen LogP contribution in [-0.4, -0.2) is 59.6 Å². The van der Waals surface area contributed by atoms with Gasteiger partial charge in [0.05, 0.1) is 12.2 Å². The molecule has 1 atom stereocenters. The number of rotatable bonds is 5. The van der Waals surface area contributed by atoms with Gasteiger partial charge >= 0.3 is 0 Å². The summed E-state index contributed by atoms with van der Waals surface area (Å²) in [5.74, 6) is 1.59. The number of anilines is 1. The molecule has 0 fully saturated rings. The van der Waals surface area contributed by atoms with Gasteiger partial charge in [0.25, 0.3) is 5.91 Å². The fourth-order valence-corrected chi connectivity index (χ4v) is 3.24. The van der Waals surface area contributed by atoms with Crippen molar-refractivity contribution >= 4 is 11.7 Å². The SMILES string of the molecule is CC[C@@H](OC)C(=O)N1CCc2c(nc(-c3ccncc3)nc2N(C)C)C1. The van der Waals surface area contributed by atoms with E-state index in [0.29, 0.717) is 25.3 Å². The van der Waals surface area contributed by atoms with E-state index in [0.717, 1.165) is 29.1 Å². The number of hydrogen-bond donors (Lipinski definition) is 0. The van der Waals surface area contributed by atoms with Gasteiger partial charge in [0.15, 0.2) is 5.82 Å². The second-order valence-electron chi connectivity index (χ2n) is 6.57. The van der Waals surface area contributed by atoms with Crippen LogP contribution in [0.2, 0.25) is 0 Å². The maximum Gasteiger partial charge on any atom is 0.252 e. The molecule has 0 N–H and O–H groups in total. The summed E-state index contributed by atoms with van der Waals surface area (Å²) in [5, 5.41) is 0. The van der Waals surface area contributed by atoms with Crippen molar-refractivity contribution in [2.24, 2.45) is 0 Å². The maximum atomic E-state index is 12.7. The summed E-state index contributed by atoms with van der Waals surface area (Å²) in [6, 6.07) is 3.79. The molecule has 3 heterocycles. The number of carbonyl (C=O) groups excluding carboxylic acids is 1. The van der Waals surface area contributed by atoms with Gasteiger partial charge in [0.1, 0.15) is 11.9 Å². The number of fused-ring (bicyclic) bond motifs is 1. The van der Waals surface area contributed by atoms with Crippen molar-refractivity contribution in [2.45, 2.75) is 32.4 Å². The number of pyridine rings is 1. The summed E-state index contributed by atoms with van der Waals surface area (Å²) in [6.07, 6.45) is 4.46. The third kappa shape index (κ3) is 3.53. The third-order valence-electron chi connectivity index (χ3n) is 4.65. The summed E-state index contributed by atoms with van der Waals surface area (Å²) in [4.78, 5) is 30.1. The largest absolute Gasteiger partial charge is 0.372 e. The lowest BCUT2D eigenvalue weighted by atomic mass is 10.0. The van der Waals surface area contributed by atoms with Gasteiger partial charge in [-0.05, 0) is 25.0 Å². The van der Waals surface area contributed by atoms with Crippen LogP contribution in [0.15, 0.2) is 24.5 Å². The van der Waals surface area contributed by atoms with Crippen molar-refractivity contribution in [3.8, 4) is 11.4 Å². The van der Waals surface area contributed by atoms with Crippen LogP contribution in [0, 0.1) is 0 Å². The molecular weight excluding hydrogens is 330 g/mol. The molecule has 7 nitrogen and oxygen atoms in total. The normalized spacial score (nSPS) is 14.7. The van der Waals surface area contributed by atoms with Crippen molar-refractivity contribution in [1.82, 2.24) is 19.9 Å². The maximum absolute atomic E-state index is 12.7. The van der Waals surface area contributed by atoms with Gasteiger partial charge in [-0.2, -0.15) is 0 Å².